The minimum absolute atomic E-state index is 0.226. The maximum absolute atomic E-state index is 9.33. The molecule has 0 radical (unpaired) electrons. The fourth-order valence-corrected chi connectivity index (χ4v) is 3.83. The quantitative estimate of drug-likeness (QED) is 0.750. The Labute approximate surface area is 93.5 Å². The van der Waals surface area contributed by atoms with Crippen molar-refractivity contribution in [1.82, 2.24) is 5.32 Å². The minimum Gasteiger partial charge on any atom is -0.392 e. The zero-order chi connectivity index (χ0) is 11.3. The molecule has 0 aromatic rings. The number of hydrogen-bond donors (Lipinski definition) is 2. The summed E-state index contributed by atoms with van der Waals surface area (Å²) in [7, 11) is 0. The van der Waals surface area contributed by atoms with Gasteiger partial charge in [0.25, 0.3) is 0 Å². The van der Waals surface area contributed by atoms with Crippen LogP contribution in [0.2, 0.25) is 0 Å². The highest BCUT2D eigenvalue weighted by molar-refractivity contribution is 5.12. The van der Waals surface area contributed by atoms with Crippen LogP contribution in [0.4, 0.5) is 0 Å². The normalized spacial score (nSPS) is 44.6. The first-order valence-corrected chi connectivity index (χ1v) is 6.29. The van der Waals surface area contributed by atoms with Gasteiger partial charge in [0, 0.05) is 12.6 Å². The molecular weight excluding hydrogens is 186 g/mol. The number of nitrogens with one attached hydrogen (secondary N) is 1. The Morgan fingerprint density at radius 3 is 2.47 bits per heavy atom. The minimum atomic E-state index is -0.226. The van der Waals surface area contributed by atoms with Gasteiger partial charge in [-0.15, -0.1) is 0 Å². The van der Waals surface area contributed by atoms with Crippen LogP contribution in [-0.4, -0.2) is 23.8 Å². The van der Waals surface area contributed by atoms with Gasteiger partial charge in [-0.1, -0.05) is 20.8 Å². The van der Waals surface area contributed by atoms with Gasteiger partial charge in [-0.05, 0) is 42.9 Å². The standard InChI is InChI=1S/C13H25NO/c1-9(15)8-14-11-7-10-5-6-13(11,4)12(10,2)3/h9-11,14-15H,5-8H2,1-4H3/t9-,10+,11-,13+/m0/s1. The Morgan fingerprint density at radius 2 is 2.07 bits per heavy atom. The fraction of sp³-hybridized carbons (Fsp3) is 1.00. The van der Waals surface area contributed by atoms with E-state index in [1.807, 2.05) is 6.92 Å². The average molecular weight is 211 g/mol. The van der Waals surface area contributed by atoms with E-state index in [1.165, 1.54) is 19.3 Å². The number of aliphatic hydroxyl groups excluding tert-OH is 1. The molecule has 0 aromatic carbocycles. The Balaban J connectivity index is 2.06. The molecule has 2 aliphatic rings. The summed E-state index contributed by atoms with van der Waals surface area (Å²) in [6.45, 7) is 9.87. The zero-order valence-electron chi connectivity index (χ0n) is 10.5. The molecule has 2 saturated carbocycles. The van der Waals surface area contributed by atoms with Gasteiger partial charge in [0.15, 0.2) is 0 Å². The molecular formula is C13H25NO. The highest BCUT2D eigenvalue weighted by Crippen LogP contribution is 2.65. The van der Waals surface area contributed by atoms with E-state index in [0.29, 0.717) is 16.9 Å². The third-order valence-corrected chi connectivity index (χ3v) is 5.45. The first kappa shape index (κ1) is 11.4. The lowest BCUT2D eigenvalue weighted by molar-refractivity contribution is 0.109. The van der Waals surface area contributed by atoms with Gasteiger partial charge in [0.05, 0.1) is 6.10 Å². The molecule has 0 aliphatic heterocycles. The van der Waals surface area contributed by atoms with Crippen LogP contribution >= 0.6 is 0 Å². The second-order valence-corrected chi connectivity index (χ2v) is 6.42. The van der Waals surface area contributed by atoms with Gasteiger partial charge in [-0.3, -0.25) is 0 Å². The van der Waals surface area contributed by atoms with Crippen LogP contribution in [0.15, 0.2) is 0 Å². The van der Waals surface area contributed by atoms with E-state index >= 15 is 0 Å². The number of rotatable bonds is 3. The van der Waals surface area contributed by atoms with E-state index in [9.17, 15) is 5.11 Å². The van der Waals surface area contributed by atoms with Crippen LogP contribution in [0.3, 0.4) is 0 Å². The van der Waals surface area contributed by atoms with E-state index in [2.05, 4.69) is 26.1 Å². The first-order valence-electron chi connectivity index (χ1n) is 6.29. The molecule has 0 saturated heterocycles. The van der Waals surface area contributed by atoms with Crippen LogP contribution < -0.4 is 5.32 Å². The van der Waals surface area contributed by atoms with Crippen molar-refractivity contribution in [3.8, 4) is 0 Å². The van der Waals surface area contributed by atoms with Crippen molar-refractivity contribution in [2.45, 2.75) is 59.1 Å². The van der Waals surface area contributed by atoms with Gasteiger partial charge in [-0.2, -0.15) is 0 Å². The van der Waals surface area contributed by atoms with E-state index in [0.717, 1.165) is 12.5 Å². The summed E-state index contributed by atoms with van der Waals surface area (Å²) in [4.78, 5) is 0. The molecule has 0 unspecified atom stereocenters. The molecule has 0 spiro atoms. The van der Waals surface area contributed by atoms with E-state index in [4.69, 9.17) is 0 Å². The summed E-state index contributed by atoms with van der Waals surface area (Å²) >= 11 is 0. The molecule has 2 nitrogen and oxygen atoms in total. The van der Waals surface area contributed by atoms with Crippen molar-refractivity contribution in [2.75, 3.05) is 6.54 Å². The molecule has 88 valence electrons. The molecule has 0 amide bonds. The van der Waals surface area contributed by atoms with Crippen molar-refractivity contribution in [2.24, 2.45) is 16.7 Å². The number of aliphatic hydroxyl groups is 1. The van der Waals surface area contributed by atoms with Gasteiger partial charge in [-0.25, -0.2) is 0 Å². The van der Waals surface area contributed by atoms with Crippen molar-refractivity contribution < 1.29 is 5.11 Å². The summed E-state index contributed by atoms with van der Waals surface area (Å²) in [5.74, 6) is 0.883. The lowest BCUT2D eigenvalue weighted by Crippen LogP contribution is -2.46. The Bertz CT molecular complexity index is 249. The Kier molecular flexibility index (Phi) is 2.63. The summed E-state index contributed by atoms with van der Waals surface area (Å²) in [5.41, 5.74) is 0.913. The van der Waals surface area contributed by atoms with E-state index < -0.39 is 0 Å². The zero-order valence-corrected chi connectivity index (χ0v) is 10.5. The number of fused-ring (bicyclic) bond motifs is 2. The molecule has 0 aromatic heterocycles. The molecule has 2 bridgehead atoms. The molecule has 2 N–H and O–H groups in total. The first-order chi connectivity index (χ1) is 6.88. The average Bonchev–Trinajstić information content (AvgIpc) is 2.46. The molecule has 4 atom stereocenters. The maximum atomic E-state index is 9.33. The van der Waals surface area contributed by atoms with Gasteiger partial charge < -0.3 is 10.4 Å². The molecule has 2 rings (SSSR count). The van der Waals surface area contributed by atoms with Crippen molar-refractivity contribution in [3.05, 3.63) is 0 Å². The lowest BCUT2D eigenvalue weighted by atomic mass is 9.69. The van der Waals surface area contributed by atoms with Crippen molar-refractivity contribution in [1.29, 1.82) is 0 Å². The van der Waals surface area contributed by atoms with Crippen LogP contribution in [0.1, 0.15) is 47.0 Å². The third kappa shape index (κ3) is 1.53. The summed E-state index contributed by atoms with van der Waals surface area (Å²) < 4.78 is 0. The Hall–Kier alpha value is -0.0800. The number of hydrogen-bond acceptors (Lipinski definition) is 2. The highest BCUT2D eigenvalue weighted by Gasteiger charge is 2.60. The Morgan fingerprint density at radius 1 is 1.40 bits per heavy atom. The van der Waals surface area contributed by atoms with Crippen molar-refractivity contribution in [3.63, 3.8) is 0 Å². The molecule has 2 aliphatic carbocycles. The topological polar surface area (TPSA) is 32.3 Å². The summed E-state index contributed by atoms with van der Waals surface area (Å²) in [6, 6.07) is 0.612. The van der Waals surface area contributed by atoms with Gasteiger partial charge >= 0.3 is 0 Å². The van der Waals surface area contributed by atoms with Crippen LogP contribution in [0, 0.1) is 16.7 Å². The van der Waals surface area contributed by atoms with E-state index in [1.54, 1.807) is 0 Å². The third-order valence-electron chi connectivity index (χ3n) is 5.45. The smallest absolute Gasteiger partial charge is 0.0636 e. The molecule has 15 heavy (non-hydrogen) atoms. The summed E-state index contributed by atoms with van der Waals surface area (Å²) in [6.07, 6.45) is 3.82. The molecule has 2 fully saturated rings. The van der Waals surface area contributed by atoms with E-state index in [-0.39, 0.29) is 6.10 Å². The second kappa shape index (κ2) is 3.46. The monoisotopic (exact) mass is 211 g/mol. The lowest BCUT2D eigenvalue weighted by Gasteiger charge is -2.39. The SMILES string of the molecule is C[C@H](O)CN[C@H]1C[C@H]2CC[C@@]1(C)C2(C)C. The van der Waals surface area contributed by atoms with Crippen LogP contribution in [0.5, 0.6) is 0 Å². The predicted octanol–water partition coefficient (Wildman–Crippen LogP) is 2.17. The molecule has 0 heterocycles. The second-order valence-electron chi connectivity index (χ2n) is 6.42. The van der Waals surface area contributed by atoms with Gasteiger partial charge in [0.2, 0.25) is 0 Å². The van der Waals surface area contributed by atoms with Gasteiger partial charge in [0.1, 0.15) is 0 Å². The summed E-state index contributed by atoms with van der Waals surface area (Å²) in [5, 5.41) is 12.9. The van der Waals surface area contributed by atoms with Crippen molar-refractivity contribution >= 4 is 0 Å². The largest absolute Gasteiger partial charge is 0.392 e. The predicted molar refractivity (Wildman–Crippen MR) is 62.7 cm³/mol. The van der Waals surface area contributed by atoms with Crippen LogP contribution in [0.25, 0.3) is 0 Å². The fourth-order valence-electron chi connectivity index (χ4n) is 3.83. The maximum Gasteiger partial charge on any atom is 0.0636 e. The van der Waals surface area contributed by atoms with Crippen LogP contribution in [-0.2, 0) is 0 Å². The molecule has 2 heteroatoms. The highest BCUT2D eigenvalue weighted by atomic mass is 16.3.